The number of hydrogen-bond donors (Lipinski definition) is 3. The van der Waals surface area contributed by atoms with Crippen molar-refractivity contribution >= 4 is 32.4 Å². The summed E-state index contributed by atoms with van der Waals surface area (Å²) in [4.78, 5) is 13.2. The summed E-state index contributed by atoms with van der Waals surface area (Å²) in [5.41, 5.74) is -1.01. The van der Waals surface area contributed by atoms with E-state index in [0.29, 0.717) is 23.2 Å². The van der Waals surface area contributed by atoms with Crippen molar-refractivity contribution < 1.29 is 30.7 Å². The highest BCUT2D eigenvalue weighted by Gasteiger charge is 2.35. The van der Waals surface area contributed by atoms with Crippen LogP contribution >= 0.6 is 0 Å². The Kier molecular flexibility index (Phi) is 8.67. The highest BCUT2D eigenvalue weighted by molar-refractivity contribution is 7.92. The first kappa shape index (κ1) is 31.4. The average Bonchev–Trinajstić information content (AvgIpc) is 2.97. The number of rotatable bonds is 10. The number of benzene rings is 2. The van der Waals surface area contributed by atoms with Crippen molar-refractivity contribution in [3.63, 3.8) is 0 Å². The summed E-state index contributed by atoms with van der Waals surface area (Å²) in [6.07, 6.45) is 2.61. The Hall–Kier alpha value is -4.04. The Balaban J connectivity index is 1.49. The van der Waals surface area contributed by atoms with Crippen LogP contribution in [0.15, 0.2) is 54.9 Å². The van der Waals surface area contributed by atoms with E-state index in [2.05, 4.69) is 25.6 Å². The number of nitrogens with one attached hydrogen (secondary N) is 3. The fourth-order valence-electron chi connectivity index (χ4n) is 5.10. The lowest BCUT2D eigenvalue weighted by atomic mass is 9.95. The zero-order chi connectivity index (χ0) is 31.7. The fourth-order valence-corrected chi connectivity index (χ4v) is 6.44. The summed E-state index contributed by atoms with van der Waals surface area (Å²) in [6.45, 7) is 4.90. The fraction of sp³-hybridized carbons (Fsp3) is 0.367. The molecule has 2 aromatic heterocycles. The number of piperidine rings is 1. The van der Waals surface area contributed by atoms with Crippen LogP contribution in [-0.2, 0) is 10.0 Å². The SMILES string of the molecule is CCC(F)(F)CS(=O)(=O)Nc1c(F)c(C)c(Oc2ncccc2-c2ccnc(NC3CNC[C@@](C)(F)C3)n2)c2ccccc12. The van der Waals surface area contributed by atoms with Crippen molar-refractivity contribution in [2.75, 3.05) is 28.9 Å². The van der Waals surface area contributed by atoms with Crippen LogP contribution in [0.1, 0.15) is 32.3 Å². The number of anilines is 2. The van der Waals surface area contributed by atoms with Crippen molar-refractivity contribution in [1.29, 1.82) is 0 Å². The lowest BCUT2D eigenvalue weighted by molar-refractivity contribution is 0.0219. The van der Waals surface area contributed by atoms with E-state index in [1.165, 1.54) is 39.2 Å². The molecule has 2 aromatic carbocycles. The van der Waals surface area contributed by atoms with Gasteiger partial charge in [0.05, 0.1) is 16.9 Å². The summed E-state index contributed by atoms with van der Waals surface area (Å²) < 4.78 is 91.6. The van der Waals surface area contributed by atoms with E-state index in [0.717, 1.165) is 0 Å². The van der Waals surface area contributed by atoms with E-state index in [1.54, 1.807) is 36.4 Å². The Morgan fingerprint density at radius 2 is 1.86 bits per heavy atom. The molecule has 0 amide bonds. The molecule has 1 aliphatic rings. The number of sulfonamides is 1. The third-order valence-corrected chi connectivity index (χ3v) is 8.61. The molecule has 14 heteroatoms. The molecule has 1 saturated heterocycles. The Morgan fingerprint density at radius 3 is 2.59 bits per heavy atom. The minimum atomic E-state index is -4.61. The van der Waals surface area contributed by atoms with Crippen molar-refractivity contribution in [3.8, 4) is 22.9 Å². The number of hydrogen-bond acceptors (Lipinski definition) is 8. The Morgan fingerprint density at radius 1 is 1.11 bits per heavy atom. The molecule has 1 fully saturated rings. The second-order valence-electron chi connectivity index (χ2n) is 11.1. The maximum atomic E-state index is 15.8. The van der Waals surface area contributed by atoms with Crippen molar-refractivity contribution in [2.45, 2.75) is 51.2 Å². The van der Waals surface area contributed by atoms with E-state index < -0.39 is 45.3 Å². The van der Waals surface area contributed by atoms with Gasteiger partial charge in [0.15, 0.2) is 5.82 Å². The van der Waals surface area contributed by atoms with Gasteiger partial charge in [0, 0.05) is 60.7 Å². The normalized spacial score (nSPS) is 19.1. The molecule has 0 bridgehead atoms. The molecule has 2 atom stereocenters. The molecule has 3 heterocycles. The lowest BCUT2D eigenvalue weighted by Crippen LogP contribution is -2.50. The molecule has 9 nitrogen and oxygen atoms in total. The van der Waals surface area contributed by atoms with E-state index in [4.69, 9.17) is 4.74 Å². The molecule has 1 unspecified atom stereocenters. The largest absolute Gasteiger partial charge is 0.437 e. The summed E-state index contributed by atoms with van der Waals surface area (Å²) in [5.74, 6) is -5.53. The molecule has 0 saturated carbocycles. The zero-order valence-corrected chi connectivity index (χ0v) is 25.1. The number of aromatic nitrogens is 3. The molecule has 0 aliphatic carbocycles. The third-order valence-electron chi connectivity index (χ3n) is 7.30. The topological polar surface area (TPSA) is 118 Å². The van der Waals surface area contributed by atoms with Gasteiger partial charge in [-0.1, -0.05) is 31.2 Å². The number of pyridine rings is 1. The van der Waals surface area contributed by atoms with Gasteiger partial charge < -0.3 is 15.4 Å². The van der Waals surface area contributed by atoms with E-state index in [9.17, 15) is 21.6 Å². The second kappa shape index (κ2) is 12.2. The maximum Gasteiger partial charge on any atom is 0.263 e. The molecular formula is C30H32F4N6O3S. The first-order valence-electron chi connectivity index (χ1n) is 14.0. The zero-order valence-electron chi connectivity index (χ0n) is 24.3. The second-order valence-corrected chi connectivity index (χ2v) is 12.8. The first-order chi connectivity index (χ1) is 20.8. The molecular weight excluding hydrogens is 600 g/mol. The molecule has 0 spiro atoms. The minimum Gasteiger partial charge on any atom is -0.437 e. The Labute approximate surface area is 252 Å². The Bertz CT molecular complexity index is 1790. The monoisotopic (exact) mass is 632 g/mol. The number of fused-ring (bicyclic) bond motifs is 1. The average molecular weight is 633 g/mol. The van der Waals surface area contributed by atoms with E-state index in [-0.39, 0.29) is 47.5 Å². The predicted molar refractivity (Wildman–Crippen MR) is 161 cm³/mol. The third kappa shape index (κ3) is 7.02. The van der Waals surface area contributed by atoms with Gasteiger partial charge in [-0.15, -0.1) is 0 Å². The first-order valence-corrected chi connectivity index (χ1v) is 15.6. The molecule has 3 N–H and O–H groups in total. The summed E-state index contributed by atoms with van der Waals surface area (Å²) in [7, 11) is -4.61. The van der Waals surface area contributed by atoms with Gasteiger partial charge >= 0.3 is 0 Å². The number of nitrogens with zero attached hydrogens (tertiary/aromatic N) is 3. The van der Waals surface area contributed by atoms with Crippen LogP contribution < -0.4 is 20.1 Å². The van der Waals surface area contributed by atoms with Gasteiger partial charge in [-0.05, 0) is 32.0 Å². The van der Waals surface area contributed by atoms with Gasteiger partial charge in [-0.3, -0.25) is 4.72 Å². The summed E-state index contributed by atoms with van der Waals surface area (Å²) >= 11 is 0. The van der Waals surface area contributed by atoms with Gasteiger partial charge in [0.2, 0.25) is 21.9 Å². The van der Waals surface area contributed by atoms with Crippen LogP contribution in [-0.4, -0.2) is 59.8 Å². The number of halogens is 4. The standard InChI is InChI=1S/C30H32F4N6O3S/c1-4-30(33,34)17-44(41,42)40-25-20-8-5-6-9-21(20)26(18(2)24(25)31)43-27-22(10-7-12-36-27)23-11-13-37-28(39-23)38-19-14-29(3,32)16-35-15-19/h5-13,19,35,40H,4,14-17H2,1-3H3,(H,37,38,39)/t19?,29-/m0/s1. The summed E-state index contributed by atoms with van der Waals surface area (Å²) in [5, 5.41) is 6.65. The lowest BCUT2D eigenvalue weighted by Gasteiger charge is -2.33. The predicted octanol–water partition coefficient (Wildman–Crippen LogP) is 6.22. The highest BCUT2D eigenvalue weighted by Crippen LogP contribution is 2.42. The molecule has 0 radical (unpaired) electrons. The molecule has 5 rings (SSSR count). The maximum absolute atomic E-state index is 15.8. The minimum absolute atomic E-state index is 0.0582. The van der Waals surface area contributed by atoms with Gasteiger partial charge in [0.25, 0.3) is 5.92 Å². The quantitative estimate of drug-likeness (QED) is 0.177. The van der Waals surface area contributed by atoms with Crippen molar-refractivity contribution in [1.82, 2.24) is 20.3 Å². The van der Waals surface area contributed by atoms with Crippen molar-refractivity contribution in [2.24, 2.45) is 0 Å². The van der Waals surface area contributed by atoms with Gasteiger partial charge in [-0.2, -0.15) is 0 Å². The van der Waals surface area contributed by atoms with Crippen LogP contribution in [0, 0.1) is 12.7 Å². The molecule has 1 aliphatic heterocycles. The molecule has 234 valence electrons. The highest BCUT2D eigenvalue weighted by atomic mass is 32.2. The van der Waals surface area contributed by atoms with Crippen LogP contribution in [0.3, 0.4) is 0 Å². The molecule has 44 heavy (non-hydrogen) atoms. The van der Waals surface area contributed by atoms with Crippen molar-refractivity contribution in [3.05, 3.63) is 66.2 Å². The smallest absolute Gasteiger partial charge is 0.263 e. The van der Waals surface area contributed by atoms with E-state index >= 15 is 4.39 Å². The number of alkyl halides is 3. The van der Waals surface area contributed by atoms with Gasteiger partial charge in [-0.25, -0.2) is 40.9 Å². The van der Waals surface area contributed by atoms with Gasteiger partial charge in [0.1, 0.15) is 17.2 Å². The van der Waals surface area contributed by atoms with Crippen LogP contribution in [0.25, 0.3) is 22.0 Å². The van der Waals surface area contributed by atoms with Crippen LogP contribution in [0.4, 0.5) is 29.2 Å². The van der Waals surface area contributed by atoms with Crippen LogP contribution in [0.2, 0.25) is 0 Å². The summed E-state index contributed by atoms with van der Waals surface area (Å²) in [6, 6.07) is 11.1. The number of ether oxygens (including phenoxy) is 1. The molecule has 4 aromatic rings. The van der Waals surface area contributed by atoms with E-state index in [1.807, 2.05) is 4.72 Å². The van der Waals surface area contributed by atoms with Crippen LogP contribution in [0.5, 0.6) is 11.6 Å².